The summed E-state index contributed by atoms with van der Waals surface area (Å²) in [7, 11) is 2.01. The Kier molecular flexibility index (Phi) is 7.23. The van der Waals surface area contributed by atoms with Crippen molar-refractivity contribution in [3.05, 3.63) is 34.3 Å². The maximum Gasteiger partial charge on any atom is 0.0698 e. The molecule has 5 heteroatoms. The second-order valence-electron chi connectivity index (χ2n) is 4.20. The summed E-state index contributed by atoms with van der Waals surface area (Å²) < 4.78 is 5.22. The van der Waals surface area contributed by atoms with Crippen LogP contribution < -0.4 is 5.73 Å². The first-order chi connectivity index (χ1) is 8.67. The number of benzene rings is 1. The molecule has 0 amide bonds. The quantitative estimate of drug-likeness (QED) is 0.699. The number of nitrogens with zero attached hydrogens (tertiary/aromatic N) is 1. The number of hydrogen-bond donors (Lipinski definition) is 2. The van der Waals surface area contributed by atoms with Crippen LogP contribution in [0.5, 0.6) is 0 Å². The zero-order valence-electron chi connectivity index (χ0n) is 10.7. The third-order valence-electron chi connectivity index (χ3n) is 2.65. The number of ether oxygens (including phenoxy) is 1. The average Bonchev–Trinajstić information content (AvgIpc) is 2.37. The molecule has 102 valence electrons. The van der Waals surface area contributed by atoms with Gasteiger partial charge in [0, 0.05) is 24.7 Å². The summed E-state index contributed by atoms with van der Waals surface area (Å²) in [6.07, 6.45) is 0. The summed E-state index contributed by atoms with van der Waals surface area (Å²) in [6.45, 7) is 3.14. The molecule has 18 heavy (non-hydrogen) atoms. The Labute approximate surface area is 113 Å². The van der Waals surface area contributed by atoms with Gasteiger partial charge < -0.3 is 15.6 Å². The first-order valence-corrected chi connectivity index (χ1v) is 6.39. The van der Waals surface area contributed by atoms with Crippen molar-refractivity contribution in [3.8, 4) is 0 Å². The minimum Gasteiger partial charge on any atom is -0.394 e. The highest BCUT2D eigenvalue weighted by atomic mass is 35.5. The summed E-state index contributed by atoms with van der Waals surface area (Å²) in [5.74, 6) is 0. The number of likely N-dealkylation sites (N-methyl/N-ethyl adjacent to an activating group) is 1. The molecule has 1 aromatic carbocycles. The van der Waals surface area contributed by atoms with E-state index in [0.717, 1.165) is 29.2 Å². The van der Waals surface area contributed by atoms with Gasteiger partial charge in [-0.25, -0.2) is 0 Å². The van der Waals surface area contributed by atoms with E-state index in [-0.39, 0.29) is 6.61 Å². The van der Waals surface area contributed by atoms with Crippen molar-refractivity contribution in [2.45, 2.75) is 13.1 Å². The molecule has 0 unspecified atom stereocenters. The predicted molar refractivity (Wildman–Crippen MR) is 73.6 cm³/mol. The summed E-state index contributed by atoms with van der Waals surface area (Å²) in [4.78, 5) is 2.13. The van der Waals surface area contributed by atoms with E-state index in [1.807, 2.05) is 25.2 Å². The number of aliphatic hydroxyl groups excluding tert-OH is 1. The number of hydrogen-bond acceptors (Lipinski definition) is 4. The SMILES string of the molecule is CN(CCOCCO)Cc1ccc(CN)cc1Cl. The van der Waals surface area contributed by atoms with Gasteiger partial charge in [0.2, 0.25) is 0 Å². The second-order valence-corrected chi connectivity index (χ2v) is 4.61. The van der Waals surface area contributed by atoms with E-state index in [2.05, 4.69) is 4.90 Å². The van der Waals surface area contributed by atoms with Gasteiger partial charge >= 0.3 is 0 Å². The van der Waals surface area contributed by atoms with Crippen molar-refractivity contribution >= 4 is 11.6 Å². The van der Waals surface area contributed by atoms with Crippen molar-refractivity contribution in [2.24, 2.45) is 5.73 Å². The molecule has 0 aromatic heterocycles. The van der Waals surface area contributed by atoms with Gasteiger partial charge in [0.25, 0.3) is 0 Å². The number of rotatable bonds is 8. The van der Waals surface area contributed by atoms with Crippen LogP contribution in [0, 0.1) is 0 Å². The van der Waals surface area contributed by atoms with E-state index in [4.69, 9.17) is 27.2 Å². The normalized spacial score (nSPS) is 11.2. The van der Waals surface area contributed by atoms with Crippen LogP contribution in [0.15, 0.2) is 18.2 Å². The smallest absolute Gasteiger partial charge is 0.0698 e. The second kappa shape index (κ2) is 8.45. The van der Waals surface area contributed by atoms with E-state index in [1.54, 1.807) is 0 Å². The lowest BCUT2D eigenvalue weighted by molar-refractivity contribution is 0.0773. The molecule has 0 heterocycles. The molecule has 0 aliphatic heterocycles. The van der Waals surface area contributed by atoms with Crippen LogP contribution in [-0.4, -0.2) is 43.4 Å². The summed E-state index contributed by atoms with van der Waals surface area (Å²) in [6, 6.07) is 5.92. The highest BCUT2D eigenvalue weighted by Crippen LogP contribution is 2.19. The zero-order chi connectivity index (χ0) is 13.4. The Bertz CT molecular complexity index is 361. The van der Waals surface area contributed by atoms with E-state index >= 15 is 0 Å². The van der Waals surface area contributed by atoms with Gasteiger partial charge in [0.05, 0.1) is 19.8 Å². The maximum atomic E-state index is 8.59. The lowest BCUT2D eigenvalue weighted by atomic mass is 10.1. The monoisotopic (exact) mass is 272 g/mol. The predicted octanol–water partition coefficient (Wildman–Crippen LogP) is 1.24. The molecule has 1 rings (SSSR count). The minimum absolute atomic E-state index is 0.0656. The first kappa shape index (κ1) is 15.4. The maximum absolute atomic E-state index is 8.59. The third kappa shape index (κ3) is 5.33. The first-order valence-electron chi connectivity index (χ1n) is 6.02. The Balaban J connectivity index is 2.41. The van der Waals surface area contributed by atoms with Crippen LogP contribution in [0.2, 0.25) is 5.02 Å². The molecule has 3 N–H and O–H groups in total. The molecule has 0 fully saturated rings. The molecule has 0 saturated carbocycles. The van der Waals surface area contributed by atoms with Crippen LogP contribution >= 0.6 is 11.6 Å². The summed E-state index contributed by atoms with van der Waals surface area (Å²) >= 11 is 6.19. The molecular formula is C13H21ClN2O2. The molecule has 0 saturated heterocycles. The van der Waals surface area contributed by atoms with Crippen molar-refractivity contribution in [1.29, 1.82) is 0 Å². The number of aliphatic hydroxyl groups is 1. The topological polar surface area (TPSA) is 58.7 Å². The Hall–Kier alpha value is -0.650. The van der Waals surface area contributed by atoms with Crippen molar-refractivity contribution in [3.63, 3.8) is 0 Å². The Morgan fingerprint density at radius 1 is 1.39 bits per heavy atom. The summed E-state index contributed by atoms with van der Waals surface area (Å²) in [5, 5.41) is 9.34. The van der Waals surface area contributed by atoms with Crippen molar-refractivity contribution < 1.29 is 9.84 Å². The molecule has 0 bridgehead atoms. The number of nitrogens with two attached hydrogens (primary N) is 1. The van der Waals surface area contributed by atoms with E-state index in [1.165, 1.54) is 0 Å². The van der Waals surface area contributed by atoms with Gasteiger partial charge in [-0.3, -0.25) is 4.90 Å². The molecule has 0 aliphatic rings. The molecule has 0 aliphatic carbocycles. The fourth-order valence-electron chi connectivity index (χ4n) is 1.60. The van der Waals surface area contributed by atoms with Crippen LogP contribution in [0.4, 0.5) is 0 Å². The van der Waals surface area contributed by atoms with Crippen LogP contribution in [-0.2, 0) is 17.8 Å². The lowest BCUT2D eigenvalue weighted by Crippen LogP contribution is -2.23. The Morgan fingerprint density at radius 3 is 2.78 bits per heavy atom. The van der Waals surface area contributed by atoms with Crippen LogP contribution in [0.25, 0.3) is 0 Å². The molecule has 4 nitrogen and oxygen atoms in total. The van der Waals surface area contributed by atoms with Crippen molar-refractivity contribution in [2.75, 3.05) is 33.4 Å². The van der Waals surface area contributed by atoms with Gasteiger partial charge in [0.15, 0.2) is 0 Å². The van der Waals surface area contributed by atoms with Crippen LogP contribution in [0.1, 0.15) is 11.1 Å². The highest BCUT2D eigenvalue weighted by molar-refractivity contribution is 6.31. The highest BCUT2D eigenvalue weighted by Gasteiger charge is 2.05. The Morgan fingerprint density at radius 2 is 2.17 bits per heavy atom. The largest absolute Gasteiger partial charge is 0.394 e. The van der Waals surface area contributed by atoms with Gasteiger partial charge in [-0.05, 0) is 24.2 Å². The molecule has 1 aromatic rings. The fourth-order valence-corrected chi connectivity index (χ4v) is 1.87. The van der Waals surface area contributed by atoms with Crippen LogP contribution in [0.3, 0.4) is 0 Å². The van der Waals surface area contributed by atoms with E-state index in [0.29, 0.717) is 19.8 Å². The standard InChI is InChI=1S/C13H21ClN2O2/c1-16(4-6-18-7-5-17)10-12-3-2-11(9-15)8-13(12)14/h2-3,8,17H,4-7,9-10,15H2,1H3. The summed E-state index contributed by atoms with van der Waals surface area (Å²) in [5.41, 5.74) is 7.68. The van der Waals surface area contributed by atoms with E-state index < -0.39 is 0 Å². The average molecular weight is 273 g/mol. The van der Waals surface area contributed by atoms with Gasteiger partial charge in [-0.15, -0.1) is 0 Å². The number of halogens is 1. The van der Waals surface area contributed by atoms with Gasteiger partial charge in [-0.2, -0.15) is 0 Å². The van der Waals surface area contributed by atoms with Gasteiger partial charge in [0.1, 0.15) is 0 Å². The van der Waals surface area contributed by atoms with E-state index in [9.17, 15) is 0 Å². The third-order valence-corrected chi connectivity index (χ3v) is 3.00. The fraction of sp³-hybridized carbons (Fsp3) is 0.538. The van der Waals surface area contributed by atoms with Gasteiger partial charge in [-0.1, -0.05) is 23.7 Å². The van der Waals surface area contributed by atoms with Crippen molar-refractivity contribution in [1.82, 2.24) is 4.90 Å². The zero-order valence-corrected chi connectivity index (χ0v) is 11.5. The lowest BCUT2D eigenvalue weighted by Gasteiger charge is -2.17. The molecule has 0 spiro atoms. The molecule has 0 radical (unpaired) electrons. The molecular weight excluding hydrogens is 252 g/mol. The minimum atomic E-state index is 0.0656. The molecule has 0 atom stereocenters.